The molecule has 0 aliphatic heterocycles. The smallest absolute Gasteiger partial charge is 0.135 e. The summed E-state index contributed by atoms with van der Waals surface area (Å²) in [5, 5.41) is 0.236. The van der Waals surface area contributed by atoms with Crippen LogP contribution in [0.15, 0.2) is 60.7 Å². The van der Waals surface area contributed by atoms with Crippen molar-refractivity contribution in [2.75, 3.05) is 0 Å². The van der Waals surface area contributed by atoms with Crippen LogP contribution in [0.1, 0.15) is 13.8 Å². The molecule has 0 aliphatic carbocycles. The molecule has 0 aliphatic rings. The predicted octanol–water partition coefficient (Wildman–Crippen LogP) is 3.74. The van der Waals surface area contributed by atoms with Gasteiger partial charge in [-0.15, -0.1) is 11.4 Å². The van der Waals surface area contributed by atoms with E-state index in [-0.39, 0.29) is 0 Å². The summed E-state index contributed by atoms with van der Waals surface area (Å²) in [4.78, 5) is 11.3. The van der Waals surface area contributed by atoms with Crippen LogP contribution in [0.5, 0.6) is 0 Å². The normalized spacial score (nSPS) is 12.1. The molecule has 0 N–H and O–H groups in total. The van der Waals surface area contributed by atoms with E-state index in [4.69, 9.17) is 11.8 Å². The minimum Gasteiger partial charge on any atom is -0.302 e. The molecule has 2 aromatic rings. The van der Waals surface area contributed by atoms with Crippen molar-refractivity contribution >= 4 is 45.3 Å². The number of aldehydes is 1. The van der Waals surface area contributed by atoms with Gasteiger partial charge in [0.2, 0.25) is 0 Å². The molecular formula is C16H17OPS2. The lowest BCUT2D eigenvalue weighted by Crippen LogP contribution is -2.22. The second-order valence-corrected chi connectivity index (χ2v) is 12.9. The van der Waals surface area contributed by atoms with Gasteiger partial charge >= 0.3 is 0 Å². The Balaban J connectivity index is 2.56. The Kier molecular flexibility index (Phi) is 4.85. The quantitative estimate of drug-likeness (QED) is 0.617. The third kappa shape index (κ3) is 3.41. The summed E-state index contributed by atoms with van der Waals surface area (Å²) in [5.41, 5.74) is 0. The molecule has 0 heterocycles. The molecule has 4 heteroatoms. The average molecular weight is 320 g/mol. The molecule has 1 nitrogen and oxygen atoms in total. The van der Waals surface area contributed by atoms with Crippen molar-refractivity contribution in [1.82, 2.24) is 0 Å². The topological polar surface area (TPSA) is 17.1 Å². The Morgan fingerprint density at radius 2 is 1.35 bits per heavy atom. The maximum atomic E-state index is 11.3. The fraction of sp³-hybridized carbons (Fsp3) is 0.188. The maximum absolute atomic E-state index is 11.3. The number of rotatable bonds is 5. The Hall–Kier alpha value is -0.890. The van der Waals surface area contributed by atoms with Crippen molar-refractivity contribution in [1.29, 1.82) is 0 Å². The van der Waals surface area contributed by atoms with Crippen molar-refractivity contribution in [2.45, 2.75) is 18.6 Å². The van der Waals surface area contributed by atoms with Gasteiger partial charge in [-0.1, -0.05) is 72.5 Å². The molecule has 0 atom stereocenters. The fourth-order valence-electron chi connectivity index (χ4n) is 1.86. The van der Waals surface area contributed by atoms with Gasteiger partial charge < -0.3 is 4.79 Å². The molecule has 0 amide bonds. The molecule has 0 aromatic heterocycles. The van der Waals surface area contributed by atoms with E-state index in [2.05, 4.69) is 24.3 Å². The van der Waals surface area contributed by atoms with E-state index in [0.717, 1.165) is 16.9 Å². The monoisotopic (exact) mass is 320 g/mol. The molecule has 2 rings (SSSR count). The summed E-state index contributed by atoms with van der Waals surface area (Å²) < 4.78 is -0.485. The van der Waals surface area contributed by atoms with Gasteiger partial charge in [-0.25, -0.2) is 0 Å². The van der Waals surface area contributed by atoms with Crippen molar-refractivity contribution in [2.24, 2.45) is 0 Å². The van der Waals surface area contributed by atoms with Crippen LogP contribution in [0, 0.1) is 0 Å². The van der Waals surface area contributed by atoms with E-state index in [0.29, 0.717) is 0 Å². The van der Waals surface area contributed by atoms with E-state index >= 15 is 0 Å². The van der Waals surface area contributed by atoms with Gasteiger partial charge in [0.15, 0.2) is 0 Å². The van der Waals surface area contributed by atoms with Crippen molar-refractivity contribution in [3.8, 4) is 0 Å². The standard InChI is InChI=1S/C16H17OPS2/c1-16(2,13-17)20-18(19,14-9-5-3-6-10-14)15-11-7-4-8-12-15/h3-13H,1-2H3. The molecule has 0 unspecified atom stereocenters. The second-order valence-electron chi connectivity index (χ2n) is 5.04. The molecular weight excluding hydrogens is 303 g/mol. The SMILES string of the molecule is CC(C)(C=O)SP(=S)(c1ccccc1)c1ccccc1. The Morgan fingerprint density at radius 3 is 1.70 bits per heavy atom. The first-order chi connectivity index (χ1) is 9.48. The van der Waals surface area contributed by atoms with Crippen LogP contribution in [-0.4, -0.2) is 11.0 Å². The van der Waals surface area contributed by atoms with E-state index < -0.39 is 9.99 Å². The van der Waals surface area contributed by atoms with Gasteiger partial charge in [0.05, 0.1) is 9.99 Å². The van der Waals surface area contributed by atoms with E-state index in [1.165, 1.54) is 0 Å². The van der Waals surface area contributed by atoms with Gasteiger partial charge in [0.1, 0.15) is 6.29 Å². The van der Waals surface area contributed by atoms with Gasteiger partial charge in [-0.05, 0) is 24.5 Å². The third-order valence-corrected chi connectivity index (χ3v) is 11.0. The van der Waals surface area contributed by atoms with Crippen LogP contribution < -0.4 is 10.6 Å². The molecule has 0 saturated carbocycles. The predicted molar refractivity (Wildman–Crippen MR) is 94.2 cm³/mol. The van der Waals surface area contributed by atoms with Gasteiger partial charge in [0, 0.05) is 0 Å². The number of hydrogen-bond acceptors (Lipinski definition) is 3. The summed E-state index contributed by atoms with van der Waals surface area (Å²) in [6.45, 7) is 3.86. The minimum absolute atomic E-state index is 0.485. The minimum atomic E-state index is -2.04. The number of carbonyl (C=O) groups excluding carboxylic acids is 1. The first-order valence-corrected chi connectivity index (χ1v) is 10.6. The lowest BCUT2D eigenvalue weighted by molar-refractivity contribution is -0.109. The summed E-state index contributed by atoms with van der Waals surface area (Å²) in [7, 11) is 0. The van der Waals surface area contributed by atoms with Crippen LogP contribution in [0.3, 0.4) is 0 Å². The fourth-order valence-corrected chi connectivity index (χ4v) is 10.1. The van der Waals surface area contributed by atoms with Gasteiger partial charge in [-0.3, -0.25) is 0 Å². The zero-order chi connectivity index (χ0) is 14.6. The van der Waals surface area contributed by atoms with Gasteiger partial charge in [0.25, 0.3) is 0 Å². The van der Waals surface area contributed by atoms with E-state index in [1.54, 1.807) is 11.4 Å². The van der Waals surface area contributed by atoms with Crippen LogP contribution >= 0.6 is 16.6 Å². The van der Waals surface area contributed by atoms with E-state index in [1.807, 2.05) is 50.2 Å². The van der Waals surface area contributed by atoms with Crippen LogP contribution in [0.2, 0.25) is 0 Å². The molecule has 20 heavy (non-hydrogen) atoms. The zero-order valence-corrected chi connectivity index (χ0v) is 14.1. The average Bonchev–Trinajstić information content (AvgIpc) is 2.48. The lowest BCUT2D eigenvalue weighted by atomic mass is 10.2. The molecule has 104 valence electrons. The molecule has 0 bridgehead atoms. The molecule has 0 radical (unpaired) electrons. The summed E-state index contributed by atoms with van der Waals surface area (Å²) >= 11 is 7.68. The number of benzene rings is 2. The summed E-state index contributed by atoms with van der Waals surface area (Å²) in [6.07, 6.45) is 0.991. The first-order valence-electron chi connectivity index (χ1n) is 6.36. The highest BCUT2D eigenvalue weighted by Gasteiger charge is 2.31. The highest BCUT2D eigenvalue weighted by atomic mass is 32.9. The first kappa shape index (κ1) is 15.5. The molecule has 0 spiro atoms. The highest BCUT2D eigenvalue weighted by molar-refractivity contribution is 8.75. The van der Waals surface area contributed by atoms with E-state index in [9.17, 15) is 4.79 Å². The number of hydrogen-bond donors (Lipinski definition) is 0. The van der Waals surface area contributed by atoms with Gasteiger partial charge in [-0.2, -0.15) is 0 Å². The molecule has 0 saturated heterocycles. The zero-order valence-electron chi connectivity index (χ0n) is 11.5. The van der Waals surface area contributed by atoms with Crippen molar-refractivity contribution in [3.63, 3.8) is 0 Å². The summed E-state index contributed by atoms with van der Waals surface area (Å²) in [6, 6.07) is 20.3. The third-order valence-electron chi connectivity index (χ3n) is 2.84. The Morgan fingerprint density at radius 1 is 0.950 bits per heavy atom. The van der Waals surface area contributed by atoms with Crippen LogP contribution in [0.4, 0.5) is 0 Å². The highest BCUT2D eigenvalue weighted by Crippen LogP contribution is 2.61. The van der Waals surface area contributed by atoms with Crippen LogP contribution in [-0.2, 0) is 16.6 Å². The summed E-state index contributed by atoms with van der Waals surface area (Å²) in [5.74, 6) is 0. The molecule has 0 fully saturated rings. The Labute approximate surface area is 129 Å². The van der Waals surface area contributed by atoms with Crippen molar-refractivity contribution < 1.29 is 4.79 Å². The Bertz CT molecular complexity index is 580. The molecule has 2 aromatic carbocycles. The maximum Gasteiger partial charge on any atom is 0.135 e. The number of carbonyl (C=O) groups is 1. The lowest BCUT2D eigenvalue weighted by Gasteiger charge is -2.29. The van der Waals surface area contributed by atoms with Crippen LogP contribution in [0.25, 0.3) is 0 Å². The largest absolute Gasteiger partial charge is 0.302 e. The second kappa shape index (κ2) is 6.26. The van der Waals surface area contributed by atoms with Crippen molar-refractivity contribution in [3.05, 3.63) is 60.7 Å².